The zero-order valence-corrected chi connectivity index (χ0v) is 12.6. The van der Waals surface area contributed by atoms with Crippen LogP contribution < -0.4 is 0 Å². The molecule has 2 rings (SSSR count). The predicted octanol–water partition coefficient (Wildman–Crippen LogP) is 2.94. The van der Waals surface area contributed by atoms with Crippen molar-refractivity contribution in [2.45, 2.75) is 6.42 Å². The molecule has 1 aromatic rings. The van der Waals surface area contributed by atoms with Crippen LogP contribution in [-0.4, -0.2) is 40.3 Å². The Bertz CT molecular complexity index is 502. The van der Waals surface area contributed by atoms with Gasteiger partial charge >= 0.3 is 0 Å². The summed E-state index contributed by atoms with van der Waals surface area (Å²) in [5, 5.41) is 10.8. The molecule has 0 bridgehead atoms. The molecule has 0 aliphatic carbocycles. The van der Waals surface area contributed by atoms with Crippen LogP contribution in [-0.2, 0) is 0 Å². The van der Waals surface area contributed by atoms with Gasteiger partial charge in [-0.3, -0.25) is 14.9 Å². The first kappa shape index (κ1) is 14.3. The summed E-state index contributed by atoms with van der Waals surface area (Å²) in [6.45, 7) is 1.40. The average Bonchev–Trinajstić information content (AvgIpc) is 2.67. The number of carbonyl (C=O) groups is 1. The first-order valence-corrected chi connectivity index (χ1v) is 7.85. The Balaban J connectivity index is 2.26. The first-order valence-electron chi connectivity index (χ1n) is 5.90. The first-order chi connectivity index (χ1) is 9.09. The highest BCUT2D eigenvalue weighted by Gasteiger charge is 2.21. The number of benzene rings is 1. The number of nitro benzene ring substituents is 1. The maximum Gasteiger partial charge on any atom is 0.270 e. The highest BCUT2D eigenvalue weighted by atomic mass is 79.9. The molecule has 1 fully saturated rings. The molecule has 5 nitrogen and oxygen atoms in total. The topological polar surface area (TPSA) is 63.4 Å². The van der Waals surface area contributed by atoms with Crippen LogP contribution >= 0.6 is 27.7 Å². The van der Waals surface area contributed by atoms with Crippen molar-refractivity contribution in [1.29, 1.82) is 0 Å². The molecule has 0 unspecified atom stereocenters. The SMILES string of the molecule is O=C(c1cc([N+](=O)[O-])ccc1Br)N1CCCSCC1. The van der Waals surface area contributed by atoms with Crippen molar-refractivity contribution in [3.05, 3.63) is 38.3 Å². The summed E-state index contributed by atoms with van der Waals surface area (Å²) in [5.74, 6) is 1.83. The monoisotopic (exact) mass is 344 g/mol. The molecule has 1 aliphatic rings. The normalized spacial score (nSPS) is 15.9. The van der Waals surface area contributed by atoms with Crippen LogP contribution in [0.15, 0.2) is 22.7 Å². The van der Waals surface area contributed by atoms with E-state index in [1.165, 1.54) is 12.1 Å². The third-order valence-electron chi connectivity index (χ3n) is 2.90. The summed E-state index contributed by atoms with van der Waals surface area (Å²) in [4.78, 5) is 24.5. The van der Waals surface area contributed by atoms with Gasteiger partial charge in [0.15, 0.2) is 0 Å². The second kappa shape index (κ2) is 6.38. The number of non-ortho nitro benzene ring substituents is 1. The van der Waals surface area contributed by atoms with Crippen molar-refractivity contribution in [3.8, 4) is 0 Å². The van der Waals surface area contributed by atoms with Gasteiger partial charge in [-0.25, -0.2) is 0 Å². The Morgan fingerprint density at radius 3 is 2.89 bits per heavy atom. The highest BCUT2D eigenvalue weighted by Crippen LogP contribution is 2.24. The number of carbonyl (C=O) groups excluding carboxylic acids is 1. The van der Waals surface area contributed by atoms with Crippen LogP contribution in [0.2, 0.25) is 0 Å². The zero-order chi connectivity index (χ0) is 13.8. The third-order valence-corrected chi connectivity index (χ3v) is 4.64. The molecule has 19 heavy (non-hydrogen) atoms. The van der Waals surface area contributed by atoms with Crippen LogP contribution in [0.3, 0.4) is 0 Å². The van der Waals surface area contributed by atoms with E-state index in [1.807, 2.05) is 11.8 Å². The van der Waals surface area contributed by atoms with E-state index in [-0.39, 0.29) is 11.6 Å². The predicted molar refractivity (Wildman–Crippen MR) is 78.6 cm³/mol. The fourth-order valence-electron chi connectivity index (χ4n) is 1.91. The van der Waals surface area contributed by atoms with Gasteiger partial charge in [0.05, 0.1) is 10.5 Å². The van der Waals surface area contributed by atoms with E-state index < -0.39 is 4.92 Å². The van der Waals surface area contributed by atoms with E-state index in [4.69, 9.17) is 0 Å². The van der Waals surface area contributed by atoms with E-state index in [0.29, 0.717) is 23.1 Å². The Hall–Kier alpha value is -1.08. The van der Waals surface area contributed by atoms with Crippen molar-refractivity contribution in [2.24, 2.45) is 0 Å². The second-order valence-electron chi connectivity index (χ2n) is 4.18. The van der Waals surface area contributed by atoms with Crippen LogP contribution in [0.5, 0.6) is 0 Å². The maximum atomic E-state index is 12.4. The third kappa shape index (κ3) is 3.48. The Kier molecular flexibility index (Phi) is 4.81. The molecular weight excluding hydrogens is 332 g/mol. The molecule has 0 radical (unpaired) electrons. The van der Waals surface area contributed by atoms with Gasteiger partial charge in [0, 0.05) is 35.4 Å². The lowest BCUT2D eigenvalue weighted by Crippen LogP contribution is -2.33. The molecule has 7 heteroatoms. The van der Waals surface area contributed by atoms with Crippen molar-refractivity contribution < 1.29 is 9.72 Å². The largest absolute Gasteiger partial charge is 0.338 e. The number of nitro groups is 1. The van der Waals surface area contributed by atoms with Gasteiger partial charge in [0.1, 0.15) is 0 Å². The standard InChI is InChI=1S/C12H13BrN2O3S/c13-11-3-2-9(15(17)18)8-10(11)12(16)14-4-1-6-19-7-5-14/h2-3,8H,1,4-7H2. The summed E-state index contributed by atoms with van der Waals surface area (Å²) < 4.78 is 0.597. The minimum atomic E-state index is -0.485. The van der Waals surface area contributed by atoms with Crippen molar-refractivity contribution in [1.82, 2.24) is 4.90 Å². The van der Waals surface area contributed by atoms with Crippen molar-refractivity contribution >= 4 is 39.3 Å². The van der Waals surface area contributed by atoms with Gasteiger partial charge < -0.3 is 4.90 Å². The highest BCUT2D eigenvalue weighted by molar-refractivity contribution is 9.10. The lowest BCUT2D eigenvalue weighted by molar-refractivity contribution is -0.384. The molecule has 1 aliphatic heterocycles. The van der Waals surface area contributed by atoms with Crippen LogP contribution in [0.25, 0.3) is 0 Å². The molecule has 0 spiro atoms. The van der Waals surface area contributed by atoms with Gasteiger partial charge in [-0.05, 0) is 34.2 Å². The smallest absolute Gasteiger partial charge is 0.270 e. The summed E-state index contributed by atoms with van der Waals surface area (Å²) in [5.41, 5.74) is 0.303. The summed E-state index contributed by atoms with van der Waals surface area (Å²) in [6, 6.07) is 4.28. The zero-order valence-electron chi connectivity index (χ0n) is 10.2. The average molecular weight is 345 g/mol. The van der Waals surface area contributed by atoms with Gasteiger partial charge in [0.25, 0.3) is 11.6 Å². The Morgan fingerprint density at radius 2 is 2.16 bits per heavy atom. The fourth-order valence-corrected chi connectivity index (χ4v) is 3.21. The number of rotatable bonds is 2. The fraction of sp³-hybridized carbons (Fsp3) is 0.417. The van der Waals surface area contributed by atoms with Crippen molar-refractivity contribution in [2.75, 3.05) is 24.6 Å². The molecule has 1 heterocycles. The maximum absolute atomic E-state index is 12.4. The van der Waals surface area contributed by atoms with Crippen LogP contribution in [0.1, 0.15) is 16.8 Å². The minimum Gasteiger partial charge on any atom is -0.338 e. The quantitative estimate of drug-likeness (QED) is 0.611. The molecule has 102 valence electrons. The molecule has 1 aromatic carbocycles. The van der Waals surface area contributed by atoms with Gasteiger partial charge in [-0.2, -0.15) is 11.8 Å². The Labute approximate surface area is 123 Å². The van der Waals surface area contributed by atoms with E-state index in [9.17, 15) is 14.9 Å². The number of thioether (sulfide) groups is 1. The molecular formula is C12H13BrN2O3S. The van der Waals surface area contributed by atoms with Gasteiger partial charge in [0.2, 0.25) is 0 Å². The van der Waals surface area contributed by atoms with E-state index >= 15 is 0 Å². The molecule has 0 atom stereocenters. The summed E-state index contributed by atoms with van der Waals surface area (Å²) >= 11 is 5.12. The van der Waals surface area contributed by atoms with Crippen molar-refractivity contribution in [3.63, 3.8) is 0 Å². The van der Waals surface area contributed by atoms with Gasteiger partial charge in [-0.1, -0.05) is 0 Å². The molecule has 1 saturated heterocycles. The summed E-state index contributed by atoms with van der Waals surface area (Å²) in [7, 11) is 0. The Morgan fingerprint density at radius 1 is 1.37 bits per heavy atom. The number of hydrogen-bond acceptors (Lipinski definition) is 4. The number of halogens is 1. The second-order valence-corrected chi connectivity index (χ2v) is 6.26. The van der Waals surface area contributed by atoms with E-state index in [2.05, 4.69) is 15.9 Å². The minimum absolute atomic E-state index is 0.0595. The van der Waals surface area contributed by atoms with Gasteiger partial charge in [-0.15, -0.1) is 0 Å². The summed E-state index contributed by atoms with van der Waals surface area (Å²) in [6.07, 6.45) is 0.961. The number of amides is 1. The van der Waals surface area contributed by atoms with Crippen LogP contribution in [0, 0.1) is 10.1 Å². The molecule has 0 saturated carbocycles. The molecule has 0 aromatic heterocycles. The molecule has 1 amide bonds. The van der Waals surface area contributed by atoms with E-state index in [1.54, 1.807) is 11.0 Å². The number of hydrogen-bond donors (Lipinski definition) is 0. The molecule has 0 N–H and O–H groups in total. The van der Waals surface area contributed by atoms with Crippen LogP contribution in [0.4, 0.5) is 5.69 Å². The van der Waals surface area contributed by atoms with E-state index in [0.717, 1.165) is 17.9 Å². The lowest BCUT2D eigenvalue weighted by Gasteiger charge is -2.20. The number of nitrogens with zero attached hydrogens (tertiary/aromatic N) is 2. The lowest BCUT2D eigenvalue weighted by atomic mass is 10.1.